The van der Waals surface area contributed by atoms with Gasteiger partial charge in [0, 0.05) is 25.1 Å². The monoisotopic (exact) mass is 315 g/mol. The van der Waals surface area contributed by atoms with E-state index in [0.717, 1.165) is 17.7 Å². The fraction of sp³-hybridized carbons (Fsp3) is 0.375. The normalized spacial score (nSPS) is 17.9. The average molecular weight is 315 g/mol. The third-order valence-corrected chi connectivity index (χ3v) is 3.92. The molecule has 7 heteroatoms. The zero-order valence-corrected chi connectivity index (χ0v) is 12.7. The lowest BCUT2D eigenvalue weighted by Gasteiger charge is -2.22. The Morgan fingerprint density at radius 1 is 1.26 bits per heavy atom. The zero-order valence-electron chi connectivity index (χ0n) is 12.7. The van der Waals surface area contributed by atoms with E-state index in [1.165, 1.54) is 0 Å². The Morgan fingerprint density at radius 3 is 2.78 bits per heavy atom. The Morgan fingerprint density at radius 2 is 2.04 bits per heavy atom. The van der Waals surface area contributed by atoms with Crippen LogP contribution < -0.4 is 10.3 Å². The number of hydrogen-bond donors (Lipinski definition) is 1. The molecule has 0 saturated carbocycles. The molecule has 3 rings (SSSR count). The summed E-state index contributed by atoms with van der Waals surface area (Å²) in [5.41, 5.74) is 4.34. The second-order valence-electron chi connectivity index (χ2n) is 5.51. The number of carbonyl (C=O) groups is 3. The van der Waals surface area contributed by atoms with Crippen molar-refractivity contribution in [2.24, 2.45) is 5.10 Å². The summed E-state index contributed by atoms with van der Waals surface area (Å²) in [5.74, 6) is -1.17. The summed E-state index contributed by atoms with van der Waals surface area (Å²) in [7, 11) is 0. The van der Waals surface area contributed by atoms with Crippen LogP contribution in [0.2, 0.25) is 0 Å². The number of nitrogens with one attached hydrogen (secondary N) is 1. The third-order valence-electron chi connectivity index (χ3n) is 3.92. The minimum Gasteiger partial charge on any atom is -0.448 e. The molecule has 0 unspecified atom stereocenters. The first-order valence-corrected chi connectivity index (χ1v) is 7.52. The molecular formula is C16H17N3O4. The van der Waals surface area contributed by atoms with Crippen LogP contribution in [0.25, 0.3) is 0 Å². The molecule has 0 aromatic heterocycles. The third kappa shape index (κ3) is 3.08. The van der Waals surface area contributed by atoms with E-state index in [1.807, 2.05) is 24.3 Å². The fourth-order valence-corrected chi connectivity index (χ4v) is 2.69. The van der Waals surface area contributed by atoms with Crippen LogP contribution in [0.15, 0.2) is 29.4 Å². The smallest absolute Gasteiger partial charge is 0.355 e. The maximum absolute atomic E-state index is 12.5. The van der Waals surface area contributed by atoms with Crippen LogP contribution >= 0.6 is 0 Å². The lowest BCUT2D eigenvalue weighted by Crippen LogP contribution is -2.41. The van der Waals surface area contributed by atoms with Crippen molar-refractivity contribution in [3.63, 3.8) is 0 Å². The molecule has 120 valence electrons. The summed E-state index contributed by atoms with van der Waals surface area (Å²) in [6.07, 6.45) is 0.295. The number of benzene rings is 1. The van der Waals surface area contributed by atoms with Crippen molar-refractivity contribution in [1.82, 2.24) is 5.43 Å². The number of para-hydroxylation sites is 1. The van der Waals surface area contributed by atoms with Gasteiger partial charge in [-0.2, -0.15) is 5.10 Å². The highest BCUT2D eigenvalue weighted by atomic mass is 16.5. The standard InChI is InChI=1S/C16H17N3O4/c1-10(23-16(22)12-6-7-14(20)18-17-12)15(21)19-9-8-11-4-2-3-5-13(11)19/h2-5,10H,6-9H2,1H3,(H,18,20)/t10-/m1/s1. The first-order chi connectivity index (χ1) is 11.1. The van der Waals surface area contributed by atoms with E-state index < -0.39 is 12.1 Å². The SMILES string of the molecule is C[C@@H](OC(=O)C1=NNC(=O)CC1)C(=O)N1CCc2ccccc21. The molecule has 2 aliphatic rings. The summed E-state index contributed by atoms with van der Waals surface area (Å²) in [5, 5.41) is 3.67. The van der Waals surface area contributed by atoms with Crippen LogP contribution in [0.5, 0.6) is 0 Å². The number of esters is 1. The van der Waals surface area contributed by atoms with E-state index in [9.17, 15) is 14.4 Å². The number of ether oxygens (including phenoxy) is 1. The number of amides is 2. The van der Waals surface area contributed by atoms with Gasteiger partial charge in [-0.05, 0) is 25.0 Å². The van der Waals surface area contributed by atoms with Gasteiger partial charge >= 0.3 is 5.97 Å². The number of fused-ring (bicyclic) bond motifs is 1. The number of hydrogen-bond acceptors (Lipinski definition) is 5. The molecule has 23 heavy (non-hydrogen) atoms. The van der Waals surface area contributed by atoms with Gasteiger partial charge < -0.3 is 9.64 Å². The number of nitrogens with zero attached hydrogens (tertiary/aromatic N) is 2. The predicted molar refractivity (Wildman–Crippen MR) is 82.9 cm³/mol. The molecule has 2 heterocycles. The second kappa shape index (κ2) is 6.20. The molecule has 1 atom stereocenters. The maximum atomic E-state index is 12.5. The van der Waals surface area contributed by atoms with E-state index in [2.05, 4.69) is 10.5 Å². The lowest BCUT2D eigenvalue weighted by atomic mass is 10.2. The predicted octanol–water partition coefficient (Wildman–Crippen LogP) is 0.773. The number of carbonyl (C=O) groups excluding carboxylic acids is 3. The zero-order chi connectivity index (χ0) is 16.4. The van der Waals surface area contributed by atoms with Gasteiger partial charge in [0.2, 0.25) is 5.91 Å². The van der Waals surface area contributed by atoms with Crippen LogP contribution in [-0.4, -0.2) is 36.1 Å². The highest BCUT2D eigenvalue weighted by Crippen LogP contribution is 2.28. The van der Waals surface area contributed by atoms with Crippen LogP contribution in [0.3, 0.4) is 0 Å². The molecule has 0 fully saturated rings. The Kier molecular flexibility index (Phi) is 4.10. The highest BCUT2D eigenvalue weighted by molar-refractivity contribution is 6.37. The van der Waals surface area contributed by atoms with Crippen molar-refractivity contribution in [2.45, 2.75) is 32.3 Å². The Hall–Kier alpha value is -2.70. The van der Waals surface area contributed by atoms with Crippen molar-refractivity contribution in [2.75, 3.05) is 11.4 Å². The molecule has 1 aromatic rings. The number of anilines is 1. The van der Waals surface area contributed by atoms with Gasteiger partial charge in [0.05, 0.1) is 0 Å². The van der Waals surface area contributed by atoms with Gasteiger partial charge in [-0.15, -0.1) is 0 Å². The molecule has 0 radical (unpaired) electrons. The summed E-state index contributed by atoms with van der Waals surface area (Å²) >= 11 is 0. The largest absolute Gasteiger partial charge is 0.448 e. The van der Waals surface area contributed by atoms with Gasteiger partial charge in [0.25, 0.3) is 5.91 Å². The van der Waals surface area contributed by atoms with Crippen LogP contribution in [0.1, 0.15) is 25.3 Å². The van der Waals surface area contributed by atoms with Gasteiger partial charge in [-0.25, -0.2) is 10.2 Å². The van der Waals surface area contributed by atoms with Gasteiger partial charge in [0.1, 0.15) is 5.71 Å². The molecule has 1 aromatic carbocycles. The molecule has 2 aliphatic heterocycles. The molecule has 7 nitrogen and oxygen atoms in total. The van der Waals surface area contributed by atoms with E-state index in [4.69, 9.17) is 4.74 Å². The topological polar surface area (TPSA) is 88.1 Å². The van der Waals surface area contributed by atoms with E-state index in [0.29, 0.717) is 6.54 Å². The molecule has 2 amide bonds. The molecule has 0 aliphatic carbocycles. The van der Waals surface area contributed by atoms with Crippen LogP contribution in [-0.2, 0) is 25.5 Å². The molecule has 0 spiro atoms. The Bertz CT molecular complexity index is 698. The maximum Gasteiger partial charge on any atom is 0.355 e. The van der Waals surface area contributed by atoms with Crippen molar-refractivity contribution >= 4 is 29.2 Å². The summed E-state index contributed by atoms with van der Waals surface area (Å²) in [6.45, 7) is 2.13. The number of hydrazone groups is 1. The van der Waals surface area contributed by atoms with Gasteiger partial charge in [-0.3, -0.25) is 9.59 Å². The van der Waals surface area contributed by atoms with Gasteiger partial charge in [0.15, 0.2) is 6.10 Å². The van der Waals surface area contributed by atoms with E-state index in [-0.39, 0.29) is 30.4 Å². The molecule has 0 saturated heterocycles. The quantitative estimate of drug-likeness (QED) is 0.835. The van der Waals surface area contributed by atoms with E-state index >= 15 is 0 Å². The van der Waals surface area contributed by atoms with Crippen molar-refractivity contribution < 1.29 is 19.1 Å². The second-order valence-corrected chi connectivity index (χ2v) is 5.51. The summed E-state index contributed by atoms with van der Waals surface area (Å²) in [4.78, 5) is 37.2. The molecular weight excluding hydrogens is 298 g/mol. The van der Waals surface area contributed by atoms with E-state index in [1.54, 1.807) is 11.8 Å². The Labute approximate surface area is 133 Å². The molecule has 1 N–H and O–H groups in total. The molecule has 0 bridgehead atoms. The minimum absolute atomic E-state index is 0.131. The highest BCUT2D eigenvalue weighted by Gasteiger charge is 2.31. The lowest BCUT2D eigenvalue weighted by molar-refractivity contribution is -0.147. The Balaban J connectivity index is 1.65. The van der Waals surface area contributed by atoms with Crippen LogP contribution in [0, 0.1) is 0 Å². The fourth-order valence-electron chi connectivity index (χ4n) is 2.69. The van der Waals surface area contributed by atoms with Crippen LogP contribution in [0.4, 0.5) is 5.69 Å². The minimum atomic E-state index is -0.908. The summed E-state index contributed by atoms with van der Waals surface area (Å²) < 4.78 is 5.20. The average Bonchev–Trinajstić information content (AvgIpc) is 2.98. The first-order valence-electron chi connectivity index (χ1n) is 7.52. The van der Waals surface area contributed by atoms with Crippen molar-refractivity contribution in [1.29, 1.82) is 0 Å². The number of rotatable bonds is 3. The van der Waals surface area contributed by atoms with Gasteiger partial charge in [-0.1, -0.05) is 18.2 Å². The van der Waals surface area contributed by atoms with Crippen molar-refractivity contribution in [3.8, 4) is 0 Å². The summed E-state index contributed by atoms with van der Waals surface area (Å²) in [6, 6.07) is 7.68. The first kappa shape index (κ1) is 15.2. The van der Waals surface area contributed by atoms with Crippen molar-refractivity contribution in [3.05, 3.63) is 29.8 Å².